The molecule has 0 aliphatic carbocycles. The van der Waals surface area contributed by atoms with Crippen molar-refractivity contribution in [2.24, 2.45) is 0 Å². The van der Waals surface area contributed by atoms with E-state index >= 15 is 0 Å². The maximum Gasteiger partial charge on any atom is 0.168 e. The molecule has 128 valence electrons. The molecule has 3 heterocycles. The zero-order valence-corrected chi connectivity index (χ0v) is 14.1. The van der Waals surface area contributed by atoms with Crippen molar-refractivity contribution in [1.82, 2.24) is 30.0 Å². The lowest BCUT2D eigenvalue weighted by Crippen LogP contribution is -2.48. The van der Waals surface area contributed by atoms with Crippen LogP contribution in [0.5, 0.6) is 0 Å². The molecule has 0 saturated carbocycles. The fraction of sp³-hybridized carbons (Fsp3) is 0.812. The van der Waals surface area contributed by atoms with Crippen molar-refractivity contribution >= 4 is 0 Å². The van der Waals surface area contributed by atoms with Gasteiger partial charge in [-0.25, -0.2) is 4.68 Å². The van der Waals surface area contributed by atoms with Crippen LogP contribution in [0, 0.1) is 0 Å². The molecule has 7 nitrogen and oxygen atoms in total. The molecular formula is C16H28N6O. The van der Waals surface area contributed by atoms with Gasteiger partial charge in [0.15, 0.2) is 5.82 Å². The van der Waals surface area contributed by atoms with Gasteiger partial charge in [0.05, 0.1) is 18.7 Å². The molecule has 2 aliphatic heterocycles. The highest BCUT2D eigenvalue weighted by Gasteiger charge is 2.28. The molecule has 0 aromatic carbocycles. The number of tetrazole rings is 1. The molecule has 0 amide bonds. The van der Waals surface area contributed by atoms with E-state index in [4.69, 9.17) is 4.74 Å². The monoisotopic (exact) mass is 320 g/mol. The SMILES string of the molecule is C=CCN1CCN([C@@H](CC)c2nnnn2C[C@@H]2CCCO2)CC1. The lowest BCUT2D eigenvalue weighted by atomic mass is 10.1. The van der Waals surface area contributed by atoms with E-state index in [0.717, 1.165) is 71.0 Å². The molecule has 0 N–H and O–H groups in total. The molecule has 0 spiro atoms. The Bertz CT molecular complexity index is 491. The minimum absolute atomic E-state index is 0.263. The predicted molar refractivity (Wildman–Crippen MR) is 88.0 cm³/mol. The fourth-order valence-corrected chi connectivity index (χ4v) is 3.61. The average molecular weight is 320 g/mol. The van der Waals surface area contributed by atoms with Gasteiger partial charge in [0.25, 0.3) is 0 Å². The summed E-state index contributed by atoms with van der Waals surface area (Å²) in [6, 6.07) is 0.289. The van der Waals surface area contributed by atoms with Crippen LogP contribution < -0.4 is 0 Å². The van der Waals surface area contributed by atoms with Crippen molar-refractivity contribution in [1.29, 1.82) is 0 Å². The summed E-state index contributed by atoms with van der Waals surface area (Å²) in [5, 5.41) is 12.5. The van der Waals surface area contributed by atoms with Gasteiger partial charge in [-0.1, -0.05) is 13.0 Å². The quantitative estimate of drug-likeness (QED) is 0.701. The maximum absolute atomic E-state index is 5.74. The summed E-state index contributed by atoms with van der Waals surface area (Å²) in [5.74, 6) is 0.986. The largest absolute Gasteiger partial charge is 0.376 e. The van der Waals surface area contributed by atoms with Crippen LogP contribution in [0.3, 0.4) is 0 Å². The highest BCUT2D eigenvalue weighted by atomic mass is 16.5. The van der Waals surface area contributed by atoms with Gasteiger partial charge >= 0.3 is 0 Å². The number of hydrogen-bond donors (Lipinski definition) is 0. The number of aromatic nitrogens is 4. The third-order valence-electron chi connectivity index (χ3n) is 4.88. The van der Waals surface area contributed by atoms with E-state index in [0.29, 0.717) is 0 Å². The summed E-state index contributed by atoms with van der Waals surface area (Å²) in [4.78, 5) is 4.95. The van der Waals surface area contributed by atoms with Gasteiger partial charge in [-0.15, -0.1) is 11.7 Å². The fourth-order valence-electron chi connectivity index (χ4n) is 3.61. The Balaban J connectivity index is 1.64. The molecule has 2 fully saturated rings. The second-order valence-electron chi connectivity index (χ2n) is 6.40. The lowest BCUT2D eigenvalue weighted by molar-refractivity contribution is 0.0803. The van der Waals surface area contributed by atoms with Crippen LogP contribution in [0.1, 0.15) is 38.1 Å². The summed E-state index contributed by atoms with van der Waals surface area (Å²) < 4.78 is 7.69. The first kappa shape index (κ1) is 16.5. The number of nitrogens with zero attached hydrogens (tertiary/aromatic N) is 6. The van der Waals surface area contributed by atoms with E-state index in [1.54, 1.807) is 0 Å². The Hall–Kier alpha value is -1.31. The Labute approximate surface area is 138 Å². The topological polar surface area (TPSA) is 59.3 Å². The minimum Gasteiger partial charge on any atom is -0.376 e. The third-order valence-corrected chi connectivity index (χ3v) is 4.88. The summed E-state index contributed by atoms with van der Waals surface area (Å²) in [5.41, 5.74) is 0. The molecule has 2 atom stereocenters. The van der Waals surface area contributed by atoms with E-state index < -0.39 is 0 Å². The standard InChI is InChI=1S/C16H28N6O/c1-3-7-20-8-10-21(11-9-20)15(4-2)16-17-18-19-22(16)13-14-6-5-12-23-14/h3,14-15H,1,4-13H2,2H3/t14-,15-/m0/s1. The van der Waals surface area contributed by atoms with Crippen molar-refractivity contribution in [3.8, 4) is 0 Å². The van der Waals surface area contributed by atoms with Gasteiger partial charge < -0.3 is 4.74 Å². The highest BCUT2D eigenvalue weighted by molar-refractivity contribution is 4.95. The van der Waals surface area contributed by atoms with E-state index in [9.17, 15) is 0 Å². The number of rotatable bonds is 7. The first-order valence-corrected chi connectivity index (χ1v) is 8.76. The molecule has 0 radical (unpaired) electrons. The molecule has 0 bridgehead atoms. The molecule has 2 saturated heterocycles. The normalized spacial score (nSPS) is 24.8. The van der Waals surface area contributed by atoms with Crippen LogP contribution in [-0.4, -0.2) is 75.4 Å². The Morgan fingerprint density at radius 1 is 1.35 bits per heavy atom. The van der Waals surface area contributed by atoms with Crippen LogP contribution >= 0.6 is 0 Å². The smallest absolute Gasteiger partial charge is 0.168 e. The van der Waals surface area contributed by atoms with E-state index in [-0.39, 0.29) is 12.1 Å². The van der Waals surface area contributed by atoms with E-state index in [2.05, 4.69) is 38.8 Å². The van der Waals surface area contributed by atoms with Crippen molar-refractivity contribution in [3.63, 3.8) is 0 Å². The first-order chi connectivity index (χ1) is 11.3. The molecule has 3 rings (SSSR count). The van der Waals surface area contributed by atoms with Gasteiger partial charge in [-0.3, -0.25) is 9.80 Å². The summed E-state index contributed by atoms with van der Waals surface area (Å²) in [7, 11) is 0. The van der Waals surface area contributed by atoms with Crippen molar-refractivity contribution in [3.05, 3.63) is 18.5 Å². The van der Waals surface area contributed by atoms with Crippen molar-refractivity contribution < 1.29 is 4.74 Å². The molecule has 2 aliphatic rings. The Morgan fingerprint density at radius 2 is 2.17 bits per heavy atom. The Kier molecular flexibility index (Phi) is 5.75. The second-order valence-corrected chi connectivity index (χ2v) is 6.40. The van der Waals surface area contributed by atoms with E-state index in [1.807, 2.05) is 10.8 Å². The van der Waals surface area contributed by atoms with Crippen molar-refractivity contribution in [2.45, 2.75) is 44.9 Å². The van der Waals surface area contributed by atoms with Crippen molar-refractivity contribution in [2.75, 3.05) is 39.3 Å². The molecular weight excluding hydrogens is 292 g/mol. The van der Waals surface area contributed by atoms with Gasteiger partial charge in [-0.05, 0) is 29.7 Å². The number of hydrogen-bond acceptors (Lipinski definition) is 6. The molecule has 1 aromatic heterocycles. The summed E-state index contributed by atoms with van der Waals surface area (Å²) in [6.07, 6.45) is 5.52. The van der Waals surface area contributed by atoms with Crippen LogP contribution in [0.15, 0.2) is 12.7 Å². The van der Waals surface area contributed by atoms with Crippen LogP contribution in [0.4, 0.5) is 0 Å². The average Bonchev–Trinajstić information content (AvgIpc) is 3.23. The van der Waals surface area contributed by atoms with Gasteiger partial charge in [0, 0.05) is 39.3 Å². The zero-order valence-electron chi connectivity index (χ0n) is 14.1. The van der Waals surface area contributed by atoms with Crippen LogP contribution in [0.2, 0.25) is 0 Å². The zero-order chi connectivity index (χ0) is 16.1. The van der Waals surface area contributed by atoms with Gasteiger partial charge in [0.2, 0.25) is 0 Å². The lowest BCUT2D eigenvalue weighted by Gasteiger charge is -2.38. The van der Waals surface area contributed by atoms with Gasteiger partial charge in [-0.2, -0.15) is 0 Å². The minimum atomic E-state index is 0.263. The van der Waals surface area contributed by atoms with E-state index in [1.165, 1.54) is 0 Å². The molecule has 1 aromatic rings. The molecule has 23 heavy (non-hydrogen) atoms. The predicted octanol–water partition coefficient (Wildman–Crippen LogP) is 1.11. The molecule has 7 heteroatoms. The highest BCUT2D eigenvalue weighted by Crippen LogP contribution is 2.24. The summed E-state index contributed by atoms with van der Waals surface area (Å²) >= 11 is 0. The number of piperazine rings is 1. The third kappa shape index (κ3) is 3.97. The summed E-state index contributed by atoms with van der Waals surface area (Å²) in [6.45, 7) is 12.9. The first-order valence-electron chi connectivity index (χ1n) is 8.76. The maximum atomic E-state index is 5.74. The number of ether oxygens (including phenoxy) is 1. The second kappa shape index (κ2) is 7.99. The van der Waals surface area contributed by atoms with Crippen LogP contribution in [0.25, 0.3) is 0 Å². The Morgan fingerprint density at radius 3 is 2.83 bits per heavy atom. The molecule has 0 unspecified atom stereocenters. The van der Waals surface area contributed by atoms with Gasteiger partial charge in [0.1, 0.15) is 0 Å². The van der Waals surface area contributed by atoms with Crippen LogP contribution in [-0.2, 0) is 11.3 Å².